The molecule has 1 heterocycles. The monoisotopic (exact) mass is 349 g/mol. The number of hydrogen-bond donors (Lipinski definition) is 1. The van der Waals surface area contributed by atoms with E-state index in [1.165, 1.54) is 18.9 Å². The highest BCUT2D eigenvalue weighted by Crippen LogP contribution is 2.44. The van der Waals surface area contributed by atoms with Crippen molar-refractivity contribution in [3.8, 4) is 5.75 Å². The molecule has 130 valence electrons. The maximum Gasteiger partial charge on any atom is 0.340 e. The average molecular weight is 349 g/mol. The van der Waals surface area contributed by atoms with Gasteiger partial charge in [-0.3, -0.25) is 0 Å². The number of nitrogen functional groups attached to an aromatic ring is 1. The zero-order valence-electron chi connectivity index (χ0n) is 14.5. The van der Waals surface area contributed by atoms with E-state index >= 15 is 0 Å². The third kappa shape index (κ3) is 3.70. The van der Waals surface area contributed by atoms with Crippen LogP contribution in [0.2, 0.25) is 0 Å². The molecule has 0 amide bonds. The minimum atomic E-state index is -0.448. The summed E-state index contributed by atoms with van der Waals surface area (Å²) < 4.78 is 16.3. The van der Waals surface area contributed by atoms with Gasteiger partial charge in [0.05, 0.1) is 25.4 Å². The number of thioether (sulfide) groups is 1. The van der Waals surface area contributed by atoms with E-state index < -0.39 is 5.97 Å². The second-order valence-electron chi connectivity index (χ2n) is 5.59. The lowest BCUT2D eigenvalue weighted by atomic mass is 9.99. The van der Waals surface area contributed by atoms with Gasteiger partial charge >= 0.3 is 5.97 Å². The first-order valence-electron chi connectivity index (χ1n) is 7.75. The van der Waals surface area contributed by atoms with Crippen LogP contribution in [0, 0.1) is 0 Å². The van der Waals surface area contributed by atoms with Crippen LogP contribution in [0.4, 0.5) is 5.69 Å². The molecule has 0 radical (unpaired) electrons. The number of anilines is 1. The van der Waals surface area contributed by atoms with Gasteiger partial charge in [0.1, 0.15) is 5.75 Å². The van der Waals surface area contributed by atoms with Crippen molar-refractivity contribution >= 4 is 28.3 Å². The third-order valence-corrected chi connectivity index (χ3v) is 4.51. The Morgan fingerprint density at radius 2 is 2.21 bits per heavy atom. The lowest BCUT2D eigenvalue weighted by Gasteiger charge is -2.17. The number of esters is 1. The predicted molar refractivity (Wildman–Crippen MR) is 98.0 cm³/mol. The first kappa shape index (κ1) is 18.3. The van der Waals surface area contributed by atoms with Crippen molar-refractivity contribution in [3.05, 3.63) is 40.5 Å². The number of fused-ring (bicyclic) bond motifs is 1. The summed E-state index contributed by atoms with van der Waals surface area (Å²) in [5.74, 6) is 0.207. The third-order valence-electron chi connectivity index (χ3n) is 3.51. The molecule has 1 aliphatic heterocycles. The smallest absolute Gasteiger partial charge is 0.340 e. The minimum absolute atomic E-state index is 0.0743. The van der Waals surface area contributed by atoms with Gasteiger partial charge in [0.25, 0.3) is 0 Å². The maximum absolute atomic E-state index is 12.0. The lowest BCUT2D eigenvalue weighted by molar-refractivity contribution is 0.0601. The molecule has 2 rings (SSSR count). The van der Waals surface area contributed by atoms with Crippen LogP contribution in [0.5, 0.6) is 5.75 Å². The number of hydrogen-bond acceptors (Lipinski definition) is 6. The molecule has 1 aromatic carbocycles. The molecule has 0 saturated carbocycles. The molecule has 0 aliphatic carbocycles. The van der Waals surface area contributed by atoms with E-state index in [-0.39, 0.29) is 6.10 Å². The zero-order chi connectivity index (χ0) is 17.9. The minimum Gasteiger partial charge on any atom is -0.492 e. The van der Waals surface area contributed by atoms with E-state index in [9.17, 15) is 4.79 Å². The number of benzene rings is 1. The standard InChI is InChI=1S/C18H23NO4S/c1-6-15(23-10(2)3)24-11(4)13-9-14(19)16(18(20)21-5)12-7-8-22-17(12)13/h6,9-10H,4,7-8,19H2,1-3,5H3/b15-6-. The van der Waals surface area contributed by atoms with Crippen molar-refractivity contribution in [1.29, 1.82) is 0 Å². The molecule has 0 unspecified atom stereocenters. The van der Waals surface area contributed by atoms with Gasteiger partial charge in [0, 0.05) is 28.1 Å². The van der Waals surface area contributed by atoms with Crippen LogP contribution in [0.3, 0.4) is 0 Å². The Hall–Kier alpha value is -2.08. The zero-order valence-corrected chi connectivity index (χ0v) is 15.3. The van der Waals surface area contributed by atoms with Crippen LogP contribution in [0.1, 0.15) is 42.3 Å². The van der Waals surface area contributed by atoms with Gasteiger partial charge in [-0.1, -0.05) is 18.3 Å². The summed E-state index contributed by atoms with van der Waals surface area (Å²) in [4.78, 5) is 12.8. The van der Waals surface area contributed by atoms with Crippen LogP contribution in [0.25, 0.3) is 4.91 Å². The molecule has 2 N–H and O–H groups in total. The van der Waals surface area contributed by atoms with Gasteiger partial charge in [-0.25, -0.2) is 4.79 Å². The highest BCUT2D eigenvalue weighted by atomic mass is 32.2. The van der Waals surface area contributed by atoms with Gasteiger partial charge in [0.2, 0.25) is 0 Å². The lowest BCUT2D eigenvalue weighted by Crippen LogP contribution is -2.09. The Labute approximate surface area is 146 Å². The highest BCUT2D eigenvalue weighted by molar-refractivity contribution is 8.11. The van der Waals surface area contributed by atoms with Crippen molar-refractivity contribution in [3.63, 3.8) is 0 Å². The fourth-order valence-corrected chi connectivity index (χ4v) is 3.37. The van der Waals surface area contributed by atoms with Gasteiger partial charge in [-0.15, -0.1) is 0 Å². The summed E-state index contributed by atoms with van der Waals surface area (Å²) in [5, 5.41) is 0.761. The first-order chi connectivity index (χ1) is 11.4. The number of rotatable bonds is 6. The van der Waals surface area contributed by atoms with Crippen LogP contribution >= 0.6 is 11.8 Å². The largest absolute Gasteiger partial charge is 0.492 e. The van der Waals surface area contributed by atoms with Gasteiger partial charge in [0.15, 0.2) is 5.09 Å². The molecule has 0 atom stereocenters. The number of ether oxygens (including phenoxy) is 3. The van der Waals surface area contributed by atoms with Crippen molar-refractivity contribution < 1.29 is 19.0 Å². The fraction of sp³-hybridized carbons (Fsp3) is 0.389. The van der Waals surface area contributed by atoms with E-state index in [0.717, 1.165) is 21.1 Å². The molecule has 0 spiro atoms. The average Bonchev–Trinajstić information content (AvgIpc) is 3.01. The van der Waals surface area contributed by atoms with E-state index in [1.54, 1.807) is 6.07 Å². The number of carbonyl (C=O) groups is 1. The topological polar surface area (TPSA) is 70.8 Å². The van der Waals surface area contributed by atoms with Crippen molar-refractivity contribution in [2.45, 2.75) is 33.3 Å². The SMILES string of the molecule is C=C(S/C(=C\C)OC(C)C)c1cc(N)c(C(=O)OC)c2c1OCC2. The summed E-state index contributed by atoms with van der Waals surface area (Å²) >= 11 is 1.41. The molecule has 0 saturated heterocycles. The van der Waals surface area contributed by atoms with Crippen LogP contribution in [0.15, 0.2) is 23.8 Å². The van der Waals surface area contributed by atoms with Crippen LogP contribution in [-0.4, -0.2) is 25.8 Å². The molecular weight excluding hydrogens is 326 g/mol. The second kappa shape index (κ2) is 7.66. The highest BCUT2D eigenvalue weighted by Gasteiger charge is 2.28. The van der Waals surface area contributed by atoms with Crippen molar-refractivity contribution in [1.82, 2.24) is 0 Å². The van der Waals surface area contributed by atoms with Crippen molar-refractivity contribution in [2.75, 3.05) is 19.5 Å². The Morgan fingerprint density at radius 3 is 2.79 bits per heavy atom. The Morgan fingerprint density at radius 1 is 1.50 bits per heavy atom. The van der Waals surface area contributed by atoms with E-state index in [4.69, 9.17) is 19.9 Å². The number of nitrogens with two attached hydrogens (primary N) is 1. The normalized spacial score (nSPS) is 13.5. The summed E-state index contributed by atoms with van der Waals surface area (Å²) in [6.07, 6.45) is 2.59. The Bertz CT molecular complexity index is 695. The number of carbonyl (C=O) groups excluding carboxylic acids is 1. The molecule has 5 nitrogen and oxygen atoms in total. The molecule has 0 aromatic heterocycles. The molecule has 0 fully saturated rings. The van der Waals surface area contributed by atoms with Gasteiger partial charge in [-0.2, -0.15) is 0 Å². The molecule has 24 heavy (non-hydrogen) atoms. The number of methoxy groups -OCH3 is 1. The summed E-state index contributed by atoms with van der Waals surface area (Å²) in [7, 11) is 1.34. The van der Waals surface area contributed by atoms with E-state index in [0.29, 0.717) is 30.0 Å². The maximum atomic E-state index is 12.0. The van der Waals surface area contributed by atoms with Gasteiger partial charge < -0.3 is 19.9 Å². The summed E-state index contributed by atoms with van der Waals surface area (Å²) in [5.41, 5.74) is 8.42. The predicted octanol–water partition coefficient (Wildman–Crippen LogP) is 3.98. The first-order valence-corrected chi connectivity index (χ1v) is 8.57. The molecule has 1 aromatic rings. The summed E-state index contributed by atoms with van der Waals surface area (Å²) in [6, 6.07) is 1.72. The van der Waals surface area contributed by atoms with Crippen molar-refractivity contribution in [2.24, 2.45) is 0 Å². The van der Waals surface area contributed by atoms with Crippen LogP contribution in [-0.2, 0) is 15.9 Å². The van der Waals surface area contributed by atoms with Crippen LogP contribution < -0.4 is 10.5 Å². The molecule has 1 aliphatic rings. The Kier molecular flexibility index (Phi) is 5.83. The van der Waals surface area contributed by atoms with Gasteiger partial charge in [-0.05, 0) is 32.9 Å². The quantitative estimate of drug-likeness (QED) is 0.476. The second-order valence-corrected chi connectivity index (χ2v) is 6.68. The number of allylic oxidation sites excluding steroid dienone is 1. The molecular formula is C18H23NO4S. The molecule has 0 bridgehead atoms. The Balaban J connectivity index is 2.38. The molecule has 6 heteroatoms. The summed E-state index contributed by atoms with van der Waals surface area (Å²) in [6.45, 7) is 10.5. The fourth-order valence-electron chi connectivity index (χ4n) is 2.51. The van der Waals surface area contributed by atoms with E-state index in [2.05, 4.69) is 6.58 Å². The van der Waals surface area contributed by atoms with E-state index in [1.807, 2.05) is 26.8 Å².